The molecule has 1 amide bonds. The number of nitrogens with one attached hydrogen (secondary N) is 1. The lowest BCUT2D eigenvalue weighted by Gasteiger charge is -2.40. The van der Waals surface area contributed by atoms with Crippen LogP contribution in [0, 0.1) is 0 Å². The number of para-hydroxylation sites is 1. The number of hydrogen-bond donors (Lipinski definition) is 1. The molecule has 0 radical (unpaired) electrons. The van der Waals surface area contributed by atoms with Gasteiger partial charge in [0.2, 0.25) is 5.91 Å². The van der Waals surface area contributed by atoms with E-state index in [9.17, 15) is 9.59 Å². The van der Waals surface area contributed by atoms with Crippen molar-refractivity contribution in [2.24, 2.45) is 0 Å². The number of nitrogens with zero attached hydrogens (tertiary/aromatic N) is 3. The molecule has 5 rings (SSSR count). The topological polar surface area (TPSA) is 85.7 Å². The maximum Gasteiger partial charge on any atom is 0.339 e. The summed E-state index contributed by atoms with van der Waals surface area (Å²) in [5.41, 5.74) is 3.94. The van der Waals surface area contributed by atoms with Crippen LogP contribution in [0.15, 0.2) is 91.5 Å². The minimum atomic E-state index is -0.364. The predicted octanol–water partition coefficient (Wildman–Crippen LogP) is 4.11. The second kappa shape index (κ2) is 10.4. The molecule has 0 spiro atoms. The molecule has 8 nitrogen and oxygen atoms in total. The highest BCUT2D eigenvalue weighted by molar-refractivity contribution is 5.93. The standard InChI is InChI=1S/C28H26N4O4/c1-35-28(34)25-6-2-3-7-26(25)31-14-12-22(17-31)32-18-24(19-32)36-23-10-8-21(9-11-23)30-27(33)15-20-5-4-13-29-16-20/h2-14,16-17,24H,15,18-19H2,1H3,(H,30,33). The fourth-order valence-corrected chi connectivity index (χ4v) is 4.13. The third kappa shape index (κ3) is 5.22. The summed E-state index contributed by atoms with van der Waals surface area (Å²) in [7, 11) is 1.38. The van der Waals surface area contributed by atoms with Crippen LogP contribution in [-0.4, -0.2) is 47.7 Å². The lowest BCUT2D eigenvalue weighted by molar-refractivity contribution is -0.115. The Morgan fingerprint density at radius 2 is 1.83 bits per heavy atom. The molecular weight excluding hydrogens is 456 g/mol. The van der Waals surface area contributed by atoms with Gasteiger partial charge < -0.3 is 24.3 Å². The number of anilines is 2. The molecule has 1 N–H and O–H groups in total. The number of esters is 1. The molecule has 8 heteroatoms. The molecule has 0 atom stereocenters. The number of benzene rings is 2. The number of methoxy groups -OCH3 is 1. The third-order valence-corrected chi connectivity index (χ3v) is 6.01. The van der Waals surface area contributed by atoms with Gasteiger partial charge >= 0.3 is 5.97 Å². The van der Waals surface area contributed by atoms with Crippen LogP contribution >= 0.6 is 0 Å². The van der Waals surface area contributed by atoms with E-state index in [2.05, 4.69) is 15.2 Å². The van der Waals surface area contributed by atoms with Crippen molar-refractivity contribution in [1.82, 2.24) is 9.55 Å². The van der Waals surface area contributed by atoms with Gasteiger partial charge in [-0.15, -0.1) is 0 Å². The summed E-state index contributed by atoms with van der Waals surface area (Å²) in [4.78, 5) is 30.6. The molecule has 0 bridgehead atoms. The molecule has 1 fully saturated rings. The van der Waals surface area contributed by atoms with Gasteiger partial charge in [0, 0.05) is 30.5 Å². The molecule has 3 heterocycles. The van der Waals surface area contributed by atoms with Crippen LogP contribution in [0.25, 0.3) is 5.69 Å². The van der Waals surface area contributed by atoms with Gasteiger partial charge in [0.05, 0.1) is 43.6 Å². The van der Waals surface area contributed by atoms with Crippen molar-refractivity contribution in [2.45, 2.75) is 12.5 Å². The van der Waals surface area contributed by atoms with Crippen LogP contribution in [0.3, 0.4) is 0 Å². The van der Waals surface area contributed by atoms with Gasteiger partial charge in [-0.3, -0.25) is 9.78 Å². The third-order valence-electron chi connectivity index (χ3n) is 6.01. The first-order valence-corrected chi connectivity index (χ1v) is 11.6. The van der Waals surface area contributed by atoms with Gasteiger partial charge in [-0.05, 0) is 54.1 Å². The first-order valence-electron chi connectivity index (χ1n) is 11.6. The molecule has 0 aliphatic carbocycles. The molecule has 36 heavy (non-hydrogen) atoms. The summed E-state index contributed by atoms with van der Waals surface area (Å²) in [6, 6.07) is 20.5. The average molecular weight is 483 g/mol. The van der Waals surface area contributed by atoms with E-state index in [1.807, 2.05) is 77.6 Å². The van der Waals surface area contributed by atoms with Gasteiger partial charge in [-0.2, -0.15) is 0 Å². The van der Waals surface area contributed by atoms with E-state index < -0.39 is 0 Å². The van der Waals surface area contributed by atoms with E-state index in [1.54, 1.807) is 18.5 Å². The zero-order chi connectivity index (χ0) is 24.9. The molecule has 4 aromatic rings. The molecule has 1 aliphatic rings. The number of amides is 1. The molecule has 1 aliphatic heterocycles. The number of rotatable bonds is 8. The van der Waals surface area contributed by atoms with E-state index in [-0.39, 0.29) is 24.4 Å². The van der Waals surface area contributed by atoms with E-state index in [1.165, 1.54) is 7.11 Å². The van der Waals surface area contributed by atoms with E-state index in [0.29, 0.717) is 5.56 Å². The molecule has 0 saturated carbocycles. The Morgan fingerprint density at radius 3 is 2.58 bits per heavy atom. The van der Waals surface area contributed by atoms with Gasteiger partial charge in [-0.25, -0.2) is 4.79 Å². The van der Waals surface area contributed by atoms with Crippen LogP contribution in [0.2, 0.25) is 0 Å². The lowest BCUT2D eigenvalue weighted by atomic mass is 10.1. The second-order valence-electron chi connectivity index (χ2n) is 8.54. The summed E-state index contributed by atoms with van der Waals surface area (Å²) in [5, 5.41) is 2.90. The van der Waals surface area contributed by atoms with E-state index in [0.717, 1.165) is 41.5 Å². The summed E-state index contributed by atoms with van der Waals surface area (Å²) in [6.45, 7) is 1.51. The number of pyridine rings is 1. The number of carbonyl (C=O) groups is 2. The van der Waals surface area contributed by atoms with Crippen molar-refractivity contribution in [3.63, 3.8) is 0 Å². The van der Waals surface area contributed by atoms with Crippen molar-refractivity contribution in [2.75, 3.05) is 30.4 Å². The van der Waals surface area contributed by atoms with E-state index >= 15 is 0 Å². The molecule has 2 aromatic heterocycles. The highest BCUT2D eigenvalue weighted by atomic mass is 16.5. The van der Waals surface area contributed by atoms with Crippen molar-refractivity contribution >= 4 is 23.3 Å². The number of hydrogen-bond acceptors (Lipinski definition) is 6. The molecule has 182 valence electrons. The smallest absolute Gasteiger partial charge is 0.339 e. The van der Waals surface area contributed by atoms with Crippen molar-refractivity contribution in [3.8, 4) is 11.4 Å². The van der Waals surface area contributed by atoms with Gasteiger partial charge in [0.15, 0.2) is 0 Å². The summed E-state index contributed by atoms with van der Waals surface area (Å²) >= 11 is 0. The van der Waals surface area contributed by atoms with Crippen molar-refractivity contribution < 1.29 is 19.1 Å². The van der Waals surface area contributed by atoms with Crippen LogP contribution < -0.4 is 15.0 Å². The maximum absolute atomic E-state index is 12.2. The van der Waals surface area contributed by atoms with Crippen molar-refractivity contribution in [3.05, 3.63) is 103 Å². The Bertz CT molecular complexity index is 1350. The SMILES string of the molecule is COC(=O)c1ccccc1-n1ccc(N2CC(Oc3ccc(NC(=O)Cc4cccnc4)cc3)C2)c1. The maximum atomic E-state index is 12.2. The van der Waals surface area contributed by atoms with E-state index in [4.69, 9.17) is 9.47 Å². The highest BCUT2D eigenvalue weighted by Crippen LogP contribution is 2.27. The van der Waals surface area contributed by atoms with Crippen LogP contribution in [0.5, 0.6) is 5.75 Å². The summed E-state index contributed by atoms with van der Waals surface area (Å²) in [5.74, 6) is 0.305. The normalized spacial score (nSPS) is 13.1. The fraction of sp³-hybridized carbons (Fsp3) is 0.179. The van der Waals surface area contributed by atoms with Crippen molar-refractivity contribution in [1.29, 1.82) is 0 Å². The zero-order valence-electron chi connectivity index (χ0n) is 19.8. The van der Waals surface area contributed by atoms with Gasteiger partial charge in [0.25, 0.3) is 0 Å². The first kappa shape index (κ1) is 23.2. The Labute approximate surface area is 209 Å². The monoisotopic (exact) mass is 482 g/mol. The number of aromatic nitrogens is 2. The van der Waals surface area contributed by atoms with Gasteiger partial charge in [0.1, 0.15) is 11.9 Å². The number of carbonyl (C=O) groups excluding carboxylic acids is 2. The molecule has 0 unspecified atom stereocenters. The van der Waals surface area contributed by atoms with Crippen LogP contribution in [-0.2, 0) is 16.0 Å². The van der Waals surface area contributed by atoms with Crippen LogP contribution in [0.4, 0.5) is 11.4 Å². The minimum Gasteiger partial charge on any atom is -0.487 e. The fourth-order valence-electron chi connectivity index (χ4n) is 4.13. The Morgan fingerprint density at radius 1 is 1.03 bits per heavy atom. The quantitative estimate of drug-likeness (QED) is 0.381. The molecule has 2 aromatic carbocycles. The Hall–Kier alpha value is -4.59. The summed E-state index contributed by atoms with van der Waals surface area (Å²) < 4.78 is 12.9. The summed E-state index contributed by atoms with van der Waals surface area (Å²) in [6.07, 6.45) is 7.66. The Kier molecular flexibility index (Phi) is 6.66. The Balaban J connectivity index is 1.13. The largest absolute Gasteiger partial charge is 0.487 e. The minimum absolute atomic E-state index is 0.0710. The first-order chi connectivity index (χ1) is 17.6. The van der Waals surface area contributed by atoms with Gasteiger partial charge in [-0.1, -0.05) is 18.2 Å². The molecule has 1 saturated heterocycles. The predicted molar refractivity (Wildman–Crippen MR) is 137 cm³/mol. The molecular formula is C28H26N4O4. The number of ether oxygens (including phenoxy) is 2. The average Bonchev–Trinajstić information content (AvgIpc) is 3.36. The zero-order valence-corrected chi connectivity index (χ0v) is 19.8. The van der Waals surface area contributed by atoms with Crippen LogP contribution in [0.1, 0.15) is 15.9 Å². The lowest BCUT2D eigenvalue weighted by Crippen LogP contribution is -2.53. The second-order valence-corrected chi connectivity index (χ2v) is 8.54. The highest BCUT2D eigenvalue weighted by Gasteiger charge is 2.29.